The van der Waals surface area contributed by atoms with Crippen molar-refractivity contribution in [1.82, 2.24) is 20.1 Å². The zero-order valence-electron chi connectivity index (χ0n) is 14.1. The lowest BCUT2D eigenvalue weighted by Crippen LogP contribution is -2.42. The van der Waals surface area contributed by atoms with E-state index in [2.05, 4.69) is 15.5 Å². The maximum absolute atomic E-state index is 12.2. The number of hydrogen-bond acceptors (Lipinski definition) is 5. The van der Waals surface area contributed by atoms with E-state index in [1.54, 1.807) is 0 Å². The van der Waals surface area contributed by atoms with Crippen molar-refractivity contribution in [2.45, 2.75) is 38.1 Å². The summed E-state index contributed by atoms with van der Waals surface area (Å²) < 4.78 is 1.89. The normalized spacial score (nSPS) is 12.2. The Morgan fingerprint density at radius 1 is 1.25 bits per heavy atom. The summed E-state index contributed by atoms with van der Waals surface area (Å²) in [6, 6.07) is 7.09. The Labute approximate surface area is 145 Å². The smallest absolute Gasteiger partial charge is 0.318 e. The quantitative estimate of drug-likeness (QED) is 0.807. The fourth-order valence-corrected chi connectivity index (χ4v) is 3.38. The number of imide groups is 1. The number of carbonyl (C=O) groups is 2. The molecule has 0 saturated heterocycles. The van der Waals surface area contributed by atoms with Gasteiger partial charge >= 0.3 is 6.03 Å². The molecular formula is C16H21N5O2S. The Balaban J connectivity index is 2.35. The van der Waals surface area contributed by atoms with Gasteiger partial charge in [-0.3, -0.25) is 14.7 Å². The van der Waals surface area contributed by atoms with Crippen molar-refractivity contribution >= 4 is 23.7 Å². The number of primary amides is 1. The molecule has 0 aliphatic carbocycles. The van der Waals surface area contributed by atoms with Crippen LogP contribution in [-0.2, 0) is 4.79 Å². The van der Waals surface area contributed by atoms with Crippen molar-refractivity contribution in [3.05, 3.63) is 35.7 Å². The van der Waals surface area contributed by atoms with E-state index in [1.807, 2.05) is 56.5 Å². The van der Waals surface area contributed by atoms with Crippen LogP contribution in [0.2, 0.25) is 0 Å². The molecule has 0 bridgehead atoms. The highest BCUT2D eigenvalue weighted by Gasteiger charge is 2.27. The van der Waals surface area contributed by atoms with Gasteiger partial charge in [0.15, 0.2) is 5.16 Å². The first kappa shape index (κ1) is 18.0. The van der Waals surface area contributed by atoms with E-state index in [1.165, 1.54) is 11.8 Å². The zero-order chi connectivity index (χ0) is 17.9. The van der Waals surface area contributed by atoms with Crippen LogP contribution in [0.25, 0.3) is 5.69 Å². The van der Waals surface area contributed by atoms with Crippen LogP contribution in [0.3, 0.4) is 0 Å². The molecule has 24 heavy (non-hydrogen) atoms. The third-order valence-electron chi connectivity index (χ3n) is 3.40. The van der Waals surface area contributed by atoms with Crippen LogP contribution in [-0.4, -0.2) is 32.0 Å². The van der Waals surface area contributed by atoms with Gasteiger partial charge in [0.05, 0.1) is 5.25 Å². The summed E-state index contributed by atoms with van der Waals surface area (Å²) in [5.74, 6) is 0.275. The number of nitrogens with two attached hydrogens (primary N) is 1. The van der Waals surface area contributed by atoms with E-state index in [4.69, 9.17) is 5.73 Å². The number of aryl methyl sites for hydroxylation is 2. The number of nitrogens with one attached hydrogen (secondary N) is 1. The van der Waals surface area contributed by atoms with E-state index in [9.17, 15) is 9.59 Å². The van der Waals surface area contributed by atoms with Crippen molar-refractivity contribution in [3.8, 4) is 5.69 Å². The summed E-state index contributed by atoms with van der Waals surface area (Å²) in [5, 5.41) is 10.5. The van der Waals surface area contributed by atoms with Gasteiger partial charge in [-0.05, 0) is 37.5 Å². The van der Waals surface area contributed by atoms with E-state index in [-0.39, 0.29) is 5.92 Å². The number of amides is 3. The second kappa shape index (κ2) is 7.48. The first-order valence-electron chi connectivity index (χ1n) is 7.55. The van der Waals surface area contributed by atoms with Crippen molar-refractivity contribution in [2.75, 3.05) is 0 Å². The SMILES string of the molecule is Cc1cccc(-n2c(C)nnc2SC(C(=O)NC(N)=O)C(C)C)c1. The standard InChI is InChI=1S/C16H21N5O2S/c1-9(2)13(14(22)18-15(17)23)24-16-20-19-11(4)21(16)12-7-5-6-10(3)8-12/h5-9,13H,1-4H3,(H3,17,18,22,23). The minimum absolute atomic E-state index is 0.0164. The number of hydrogen-bond donors (Lipinski definition) is 2. The van der Waals surface area contributed by atoms with Crippen LogP contribution in [0.15, 0.2) is 29.4 Å². The predicted octanol–water partition coefficient (Wildman–Crippen LogP) is 2.20. The molecule has 1 atom stereocenters. The number of thioether (sulfide) groups is 1. The number of rotatable bonds is 5. The van der Waals surface area contributed by atoms with Crippen LogP contribution in [0.5, 0.6) is 0 Å². The van der Waals surface area contributed by atoms with E-state index >= 15 is 0 Å². The highest BCUT2D eigenvalue weighted by molar-refractivity contribution is 8.00. The van der Waals surface area contributed by atoms with Crippen LogP contribution < -0.4 is 11.1 Å². The summed E-state index contributed by atoms with van der Waals surface area (Å²) in [5.41, 5.74) is 7.10. The fraction of sp³-hybridized carbons (Fsp3) is 0.375. The first-order valence-corrected chi connectivity index (χ1v) is 8.43. The number of urea groups is 1. The molecule has 3 N–H and O–H groups in total. The van der Waals surface area contributed by atoms with Crippen molar-refractivity contribution in [3.63, 3.8) is 0 Å². The summed E-state index contributed by atoms with van der Waals surface area (Å²) in [4.78, 5) is 23.2. The third-order valence-corrected chi connectivity index (χ3v) is 4.89. The average Bonchev–Trinajstić information content (AvgIpc) is 2.84. The molecule has 0 aliphatic rings. The molecule has 0 spiro atoms. The molecule has 0 radical (unpaired) electrons. The number of benzene rings is 1. The maximum Gasteiger partial charge on any atom is 0.318 e. The molecule has 128 valence electrons. The molecule has 0 aliphatic heterocycles. The highest BCUT2D eigenvalue weighted by Crippen LogP contribution is 2.29. The lowest BCUT2D eigenvalue weighted by atomic mass is 10.1. The molecule has 1 aromatic heterocycles. The van der Waals surface area contributed by atoms with Gasteiger partial charge in [-0.2, -0.15) is 0 Å². The average molecular weight is 347 g/mol. The molecule has 0 saturated carbocycles. The van der Waals surface area contributed by atoms with Crippen molar-refractivity contribution < 1.29 is 9.59 Å². The molecule has 1 aromatic carbocycles. The van der Waals surface area contributed by atoms with E-state index in [0.29, 0.717) is 5.16 Å². The predicted molar refractivity (Wildman–Crippen MR) is 93.0 cm³/mol. The Morgan fingerprint density at radius 3 is 2.54 bits per heavy atom. The first-order chi connectivity index (χ1) is 11.3. The Bertz CT molecular complexity index is 757. The van der Waals surface area contributed by atoms with Crippen LogP contribution in [0.1, 0.15) is 25.2 Å². The van der Waals surface area contributed by atoms with Crippen LogP contribution in [0, 0.1) is 19.8 Å². The van der Waals surface area contributed by atoms with Gasteiger partial charge in [0.1, 0.15) is 5.82 Å². The number of nitrogens with zero attached hydrogens (tertiary/aromatic N) is 3. The summed E-state index contributed by atoms with van der Waals surface area (Å²) in [7, 11) is 0. The van der Waals surface area contributed by atoms with Crippen LogP contribution in [0.4, 0.5) is 4.79 Å². The van der Waals surface area contributed by atoms with Gasteiger partial charge in [0.25, 0.3) is 0 Å². The topological polar surface area (TPSA) is 103 Å². The molecule has 1 unspecified atom stereocenters. The minimum Gasteiger partial charge on any atom is -0.351 e. The zero-order valence-corrected chi connectivity index (χ0v) is 14.9. The van der Waals surface area contributed by atoms with Gasteiger partial charge in [-0.25, -0.2) is 4.79 Å². The molecule has 7 nitrogen and oxygen atoms in total. The molecule has 0 fully saturated rings. The molecule has 8 heteroatoms. The van der Waals surface area contributed by atoms with Crippen molar-refractivity contribution in [1.29, 1.82) is 0 Å². The molecule has 1 heterocycles. The summed E-state index contributed by atoms with van der Waals surface area (Å²) in [6.07, 6.45) is 0. The van der Waals surface area contributed by atoms with Crippen LogP contribution >= 0.6 is 11.8 Å². The van der Waals surface area contributed by atoms with Gasteiger partial charge < -0.3 is 5.73 Å². The monoisotopic (exact) mass is 347 g/mol. The van der Waals surface area contributed by atoms with Gasteiger partial charge in [-0.15, -0.1) is 10.2 Å². The van der Waals surface area contributed by atoms with E-state index in [0.717, 1.165) is 17.1 Å². The Morgan fingerprint density at radius 2 is 1.96 bits per heavy atom. The molecular weight excluding hydrogens is 326 g/mol. The lowest BCUT2D eigenvalue weighted by Gasteiger charge is -2.19. The Hall–Kier alpha value is -2.35. The summed E-state index contributed by atoms with van der Waals surface area (Å²) in [6.45, 7) is 7.66. The summed E-state index contributed by atoms with van der Waals surface area (Å²) >= 11 is 1.26. The van der Waals surface area contributed by atoms with E-state index < -0.39 is 17.2 Å². The largest absolute Gasteiger partial charge is 0.351 e. The van der Waals surface area contributed by atoms with Gasteiger partial charge in [0, 0.05) is 5.69 Å². The molecule has 3 amide bonds. The fourth-order valence-electron chi connectivity index (χ4n) is 2.28. The maximum atomic E-state index is 12.2. The lowest BCUT2D eigenvalue weighted by molar-refractivity contribution is -0.120. The molecule has 2 rings (SSSR count). The minimum atomic E-state index is -0.859. The second-order valence-electron chi connectivity index (χ2n) is 5.84. The van der Waals surface area contributed by atoms with Crippen molar-refractivity contribution in [2.24, 2.45) is 11.7 Å². The van der Waals surface area contributed by atoms with Gasteiger partial charge in [-0.1, -0.05) is 37.7 Å². The number of aromatic nitrogens is 3. The molecule has 2 aromatic rings. The highest BCUT2D eigenvalue weighted by atomic mass is 32.2. The Kier molecular flexibility index (Phi) is 5.61. The van der Waals surface area contributed by atoms with Gasteiger partial charge in [0.2, 0.25) is 5.91 Å². The number of carbonyl (C=O) groups excluding carboxylic acids is 2. The second-order valence-corrected chi connectivity index (χ2v) is 6.95. The third kappa shape index (κ3) is 4.14.